The fourth-order valence-electron chi connectivity index (χ4n) is 1.24. The zero-order valence-corrected chi connectivity index (χ0v) is 10.6. The van der Waals surface area contributed by atoms with Crippen LogP contribution in [0.3, 0.4) is 0 Å². The number of halogens is 1. The largest absolute Gasteiger partial charge is 0.472 e. The maximum Gasteiger partial charge on any atom is 0.322 e. The third-order valence-corrected chi connectivity index (χ3v) is 2.22. The molecule has 2 rings (SSSR count). The van der Waals surface area contributed by atoms with Gasteiger partial charge in [0.15, 0.2) is 0 Å². The topological polar surface area (TPSA) is 73.1 Å². The Morgan fingerprint density at radius 1 is 1.39 bits per heavy atom. The van der Waals surface area contributed by atoms with E-state index in [2.05, 4.69) is 20.3 Å². The van der Waals surface area contributed by atoms with E-state index in [0.717, 1.165) is 12.0 Å². The second-order valence-electron chi connectivity index (χ2n) is 3.54. The van der Waals surface area contributed by atoms with Gasteiger partial charge < -0.3 is 14.5 Å². The fourth-order valence-corrected chi connectivity index (χ4v) is 1.40. The van der Waals surface area contributed by atoms with E-state index in [1.54, 1.807) is 12.5 Å². The van der Waals surface area contributed by atoms with Gasteiger partial charge in [0.05, 0.1) is 19.1 Å². The number of ether oxygens (including phenoxy) is 1. The van der Waals surface area contributed by atoms with E-state index in [1.165, 1.54) is 0 Å². The molecule has 2 aromatic heterocycles. The lowest BCUT2D eigenvalue weighted by atomic mass is 10.3. The van der Waals surface area contributed by atoms with Gasteiger partial charge in [-0.2, -0.15) is 15.0 Å². The summed E-state index contributed by atoms with van der Waals surface area (Å²) >= 11 is 5.79. The van der Waals surface area contributed by atoms with E-state index >= 15 is 0 Å². The van der Waals surface area contributed by atoms with Crippen molar-refractivity contribution < 1.29 is 9.15 Å². The van der Waals surface area contributed by atoms with Crippen molar-refractivity contribution in [2.45, 2.75) is 19.9 Å². The molecule has 0 aromatic carbocycles. The fraction of sp³-hybridized carbons (Fsp3) is 0.364. The smallest absolute Gasteiger partial charge is 0.322 e. The summed E-state index contributed by atoms with van der Waals surface area (Å²) in [6, 6.07) is 2.08. The van der Waals surface area contributed by atoms with E-state index in [-0.39, 0.29) is 11.3 Å². The van der Waals surface area contributed by atoms with Crippen molar-refractivity contribution >= 4 is 17.5 Å². The second-order valence-corrected chi connectivity index (χ2v) is 3.88. The van der Waals surface area contributed by atoms with Crippen LogP contribution in [0.1, 0.15) is 18.9 Å². The van der Waals surface area contributed by atoms with Gasteiger partial charge in [-0.05, 0) is 24.1 Å². The molecule has 0 bridgehead atoms. The predicted octanol–water partition coefficient (Wildman–Crippen LogP) is 2.52. The molecule has 0 aliphatic carbocycles. The SMILES string of the molecule is CCCOc1nc(Cl)nc(NCc2ccoc2)n1. The Morgan fingerprint density at radius 2 is 2.28 bits per heavy atom. The number of aromatic nitrogens is 3. The normalized spacial score (nSPS) is 10.3. The second kappa shape index (κ2) is 6.20. The number of nitrogens with zero attached hydrogens (tertiary/aromatic N) is 3. The van der Waals surface area contributed by atoms with Crippen LogP contribution in [0.5, 0.6) is 6.01 Å². The highest BCUT2D eigenvalue weighted by atomic mass is 35.5. The third-order valence-electron chi connectivity index (χ3n) is 2.05. The Morgan fingerprint density at radius 3 is 3.00 bits per heavy atom. The zero-order valence-electron chi connectivity index (χ0n) is 9.89. The summed E-state index contributed by atoms with van der Waals surface area (Å²) in [5.41, 5.74) is 0.988. The molecule has 0 atom stereocenters. The zero-order chi connectivity index (χ0) is 12.8. The molecule has 0 aliphatic rings. The molecular formula is C11H13ClN4O2. The van der Waals surface area contributed by atoms with Crippen LogP contribution < -0.4 is 10.1 Å². The van der Waals surface area contributed by atoms with Crippen LogP contribution in [0.25, 0.3) is 0 Å². The number of nitrogens with one attached hydrogen (secondary N) is 1. The summed E-state index contributed by atoms with van der Waals surface area (Å²) < 4.78 is 10.3. The molecule has 7 heteroatoms. The molecule has 18 heavy (non-hydrogen) atoms. The van der Waals surface area contributed by atoms with Crippen molar-refractivity contribution in [3.05, 3.63) is 29.4 Å². The molecule has 0 aliphatic heterocycles. The van der Waals surface area contributed by atoms with Gasteiger partial charge in [-0.15, -0.1) is 0 Å². The van der Waals surface area contributed by atoms with Gasteiger partial charge in [-0.3, -0.25) is 0 Å². The van der Waals surface area contributed by atoms with Gasteiger partial charge in [0, 0.05) is 12.1 Å². The highest BCUT2D eigenvalue weighted by molar-refractivity contribution is 6.28. The first-order chi connectivity index (χ1) is 8.78. The van der Waals surface area contributed by atoms with Gasteiger partial charge in [-0.25, -0.2) is 0 Å². The molecule has 6 nitrogen and oxygen atoms in total. The van der Waals surface area contributed by atoms with Crippen LogP contribution in [0.2, 0.25) is 5.28 Å². The Labute approximate surface area is 109 Å². The van der Waals surface area contributed by atoms with Crippen molar-refractivity contribution in [1.29, 1.82) is 0 Å². The van der Waals surface area contributed by atoms with Crippen LogP contribution in [0, 0.1) is 0 Å². The summed E-state index contributed by atoms with van der Waals surface area (Å²) in [5, 5.41) is 3.12. The minimum absolute atomic E-state index is 0.103. The van der Waals surface area contributed by atoms with Crippen molar-refractivity contribution in [2.24, 2.45) is 0 Å². The summed E-state index contributed by atoms with van der Waals surface area (Å²) in [6.07, 6.45) is 4.12. The van der Waals surface area contributed by atoms with Gasteiger partial charge in [0.2, 0.25) is 11.2 Å². The quantitative estimate of drug-likeness (QED) is 0.868. The van der Waals surface area contributed by atoms with Crippen molar-refractivity contribution in [3.8, 4) is 6.01 Å². The molecule has 1 N–H and O–H groups in total. The van der Waals surface area contributed by atoms with Crippen molar-refractivity contribution in [1.82, 2.24) is 15.0 Å². The van der Waals surface area contributed by atoms with Crippen molar-refractivity contribution in [3.63, 3.8) is 0 Å². The minimum atomic E-state index is 0.103. The summed E-state index contributed by atoms with van der Waals surface area (Å²) in [4.78, 5) is 11.9. The first-order valence-electron chi connectivity index (χ1n) is 5.57. The molecule has 0 spiro atoms. The maximum atomic E-state index is 5.79. The molecule has 0 amide bonds. The highest BCUT2D eigenvalue weighted by Crippen LogP contribution is 2.12. The Hall–Kier alpha value is -1.82. The molecule has 0 unspecified atom stereocenters. The minimum Gasteiger partial charge on any atom is -0.472 e. The molecular weight excluding hydrogens is 256 g/mol. The predicted molar refractivity (Wildman–Crippen MR) is 66.7 cm³/mol. The molecule has 0 saturated carbocycles. The first-order valence-corrected chi connectivity index (χ1v) is 5.95. The Balaban J connectivity index is 2.00. The van der Waals surface area contributed by atoms with Gasteiger partial charge in [0.25, 0.3) is 0 Å². The number of hydrogen-bond donors (Lipinski definition) is 1. The first kappa shape index (κ1) is 12.6. The van der Waals surface area contributed by atoms with Gasteiger partial charge in [-0.1, -0.05) is 6.92 Å². The van der Waals surface area contributed by atoms with Crippen LogP contribution in [0.15, 0.2) is 23.0 Å². The standard InChI is InChI=1S/C11H13ClN4O2/c1-2-4-18-11-15-9(12)14-10(16-11)13-6-8-3-5-17-7-8/h3,5,7H,2,4,6H2,1H3,(H,13,14,15,16). The number of rotatable bonds is 6. The van der Waals surface area contributed by atoms with E-state index in [4.69, 9.17) is 20.8 Å². The van der Waals surface area contributed by atoms with E-state index in [1.807, 2.05) is 13.0 Å². The number of anilines is 1. The lowest BCUT2D eigenvalue weighted by Gasteiger charge is -2.06. The number of furan rings is 1. The lowest BCUT2D eigenvalue weighted by molar-refractivity contribution is 0.291. The Bertz CT molecular complexity index is 490. The van der Waals surface area contributed by atoms with Gasteiger partial charge in [0.1, 0.15) is 0 Å². The molecule has 96 valence electrons. The van der Waals surface area contributed by atoms with E-state index < -0.39 is 0 Å². The molecule has 0 radical (unpaired) electrons. The van der Waals surface area contributed by atoms with Crippen LogP contribution in [-0.4, -0.2) is 21.6 Å². The van der Waals surface area contributed by atoms with Crippen LogP contribution in [0.4, 0.5) is 5.95 Å². The summed E-state index contributed by atoms with van der Waals surface area (Å²) in [5.74, 6) is 0.377. The molecule has 2 aromatic rings. The monoisotopic (exact) mass is 268 g/mol. The highest BCUT2D eigenvalue weighted by Gasteiger charge is 2.06. The average Bonchev–Trinajstić information content (AvgIpc) is 2.86. The molecule has 0 fully saturated rings. The maximum absolute atomic E-state index is 5.79. The van der Waals surface area contributed by atoms with E-state index in [9.17, 15) is 0 Å². The lowest BCUT2D eigenvalue weighted by Crippen LogP contribution is -2.07. The van der Waals surface area contributed by atoms with Gasteiger partial charge >= 0.3 is 6.01 Å². The number of hydrogen-bond acceptors (Lipinski definition) is 6. The van der Waals surface area contributed by atoms with Crippen LogP contribution >= 0.6 is 11.6 Å². The van der Waals surface area contributed by atoms with Crippen LogP contribution in [-0.2, 0) is 6.54 Å². The van der Waals surface area contributed by atoms with E-state index in [0.29, 0.717) is 19.1 Å². The summed E-state index contributed by atoms with van der Waals surface area (Å²) in [7, 11) is 0. The average molecular weight is 269 g/mol. The molecule has 2 heterocycles. The summed E-state index contributed by atoms with van der Waals surface area (Å²) in [6.45, 7) is 3.09. The Kier molecular flexibility index (Phi) is 4.35. The molecule has 0 saturated heterocycles. The van der Waals surface area contributed by atoms with Crippen molar-refractivity contribution in [2.75, 3.05) is 11.9 Å². The third kappa shape index (κ3) is 3.59.